The van der Waals surface area contributed by atoms with Gasteiger partial charge in [0.1, 0.15) is 0 Å². The number of anilines is 1. The Kier molecular flexibility index (Phi) is 6.02. The highest BCUT2D eigenvalue weighted by Crippen LogP contribution is 2.26. The van der Waals surface area contributed by atoms with Crippen LogP contribution in [0.2, 0.25) is 5.02 Å². The zero-order valence-electron chi connectivity index (χ0n) is 14.2. The van der Waals surface area contributed by atoms with Crippen molar-refractivity contribution in [3.63, 3.8) is 0 Å². The number of esters is 1. The maximum absolute atomic E-state index is 12.5. The third-order valence-electron chi connectivity index (χ3n) is 3.70. The minimum Gasteiger partial charge on any atom is -0.465 e. The van der Waals surface area contributed by atoms with Crippen LogP contribution in [0, 0.1) is 6.92 Å². The number of halogens is 1. The van der Waals surface area contributed by atoms with Gasteiger partial charge in [0.15, 0.2) is 0 Å². The first-order valence-electron chi connectivity index (χ1n) is 7.58. The molecule has 0 radical (unpaired) electrons. The first kappa shape index (κ1) is 19.2. The summed E-state index contributed by atoms with van der Waals surface area (Å²) in [5.74, 6) is -0.555. The number of aromatic nitrogens is 1. The van der Waals surface area contributed by atoms with E-state index in [-0.39, 0.29) is 12.3 Å². The number of rotatable bonds is 6. The van der Waals surface area contributed by atoms with Gasteiger partial charge in [-0.25, -0.2) is 13.2 Å². The van der Waals surface area contributed by atoms with E-state index in [9.17, 15) is 13.2 Å². The predicted octanol–water partition coefficient (Wildman–Crippen LogP) is 3.19. The summed E-state index contributed by atoms with van der Waals surface area (Å²) in [6.45, 7) is 3.46. The van der Waals surface area contributed by atoms with Crippen LogP contribution in [0.3, 0.4) is 0 Å². The maximum atomic E-state index is 12.5. The molecule has 6 nitrogen and oxygen atoms in total. The quantitative estimate of drug-likeness (QED) is 0.717. The molecule has 0 N–H and O–H groups in total. The van der Waals surface area contributed by atoms with Gasteiger partial charge in [-0.1, -0.05) is 17.7 Å². The number of benzene rings is 1. The molecule has 0 bridgehead atoms. The van der Waals surface area contributed by atoms with Crippen molar-refractivity contribution < 1.29 is 17.9 Å². The standard InChI is InChI=1S/C17H19ClN2O4S/c1-4-25(22,23)20(15-8-5-12(2)16(18)9-15)11-14-7-6-13(10-19-14)17(21)24-3/h5-10H,4,11H2,1-3H3. The molecule has 25 heavy (non-hydrogen) atoms. The van der Waals surface area contributed by atoms with Gasteiger partial charge < -0.3 is 4.74 Å². The summed E-state index contributed by atoms with van der Waals surface area (Å²) in [6.07, 6.45) is 1.36. The van der Waals surface area contributed by atoms with Crippen molar-refractivity contribution in [1.29, 1.82) is 0 Å². The van der Waals surface area contributed by atoms with Crippen LogP contribution in [0.1, 0.15) is 28.5 Å². The molecule has 1 heterocycles. The van der Waals surface area contributed by atoms with Crippen molar-refractivity contribution in [2.75, 3.05) is 17.2 Å². The topological polar surface area (TPSA) is 76.6 Å². The van der Waals surface area contributed by atoms with E-state index in [4.69, 9.17) is 11.6 Å². The molecule has 2 rings (SSSR count). The van der Waals surface area contributed by atoms with Gasteiger partial charge in [-0.2, -0.15) is 0 Å². The van der Waals surface area contributed by atoms with Crippen molar-refractivity contribution in [1.82, 2.24) is 4.98 Å². The van der Waals surface area contributed by atoms with E-state index in [0.717, 1.165) is 5.56 Å². The average molecular weight is 383 g/mol. The molecular weight excluding hydrogens is 364 g/mol. The Hall–Kier alpha value is -2.12. The molecule has 0 saturated heterocycles. The minimum absolute atomic E-state index is 0.0387. The van der Waals surface area contributed by atoms with Crippen molar-refractivity contribution in [3.8, 4) is 0 Å². The van der Waals surface area contributed by atoms with E-state index >= 15 is 0 Å². The van der Waals surface area contributed by atoms with Crippen LogP contribution in [0.15, 0.2) is 36.5 Å². The molecule has 0 amide bonds. The first-order chi connectivity index (χ1) is 11.8. The van der Waals surface area contributed by atoms with Crippen molar-refractivity contribution >= 4 is 33.3 Å². The second-order valence-electron chi connectivity index (χ2n) is 5.37. The van der Waals surface area contributed by atoms with E-state index in [2.05, 4.69) is 9.72 Å². The number of hydrogen-bond acceptors (Lipinski definition) is 5. The zero-order chi connectivity index (χ0) is 18.6. The van der Waals surface area contributed by atoms with Gasteiger partial charge in [-0.15, -0.1) is 0 Å². The number of carbonyl (C=O) groups is 1. The Labute approximate surface area is 152 Å². The van der Waals surface area contributed by atoms with E-state index in [1.807, 2.05) is 6.92 Å². The third-order valence-corrected chi connectivity index (χ3v) is 5.84. The van der Waals surface area contributed by atoms with Crippen molar-refractivity contribution in [2.24, 2.45) is 0 Å². The van der Waals surface area contributed by atoms with Gasteiger partial charge in [0.05, 0.1) is 36.4 Å². The molecular formula is C17H19ClN2O4S. The number of aryl methyl sites for hydroxylation is 1. The molecule has 1 aromatic heterocycles. The predicted molar refractivity (Wildman–Crippen MR) is 97.4 cm³/mol. The SMILES string of the molecule is CCS(=O)(=O)N(Cc1ccc(C(=O)OC)cn1)c1ccc(C)c(Cl)c1. The molecule has 2 aromatic rings. The fourth-order valence-corrected chi connectivity index (χ4v) is 3.40. The van der Waals surface area contributed by atoms with Gasteiger partial charge in [-0.05, 0) is 43.7 Å². The molecule has 0 aliphatic heterocycles. The fourth-order valence-electron chi connectivity index (χ4n) is 2.15. The van der Waals surface area contributed by atoms with Crippen molar-refractivity contribution in [3.05, 3.63) is 58.4 Å². The number of sulfonamides is 1. The minimum atomic E-state index is -3.53. The lowest BCUT2D eigenvalue weighted by Gasteiger charge is -2.24. The molecule has 0 fully saturated rings. The average Bonchev–Trinajstić information content (AvgIpc) is 2.61. The van der Waals surface area contributed by atoms with Gasteiger partial charge in [0.25, 0.3) is 0 Å². The Morgan fingerprint density at radius 1 is 1.28 bits per heavy atom. The summed E-state index contributed by atoms with van der Waals surface area (Å²) >= 11 is 6.14. The zero-order valence-corrected chi connectivity index (χ0v) is 15.8. The van der Waals surface area contributed by atoms with Crippen LogP contribution in [0.4, 0.5) is 5.69 Å². The summed E-state index contributed by atoms with van der Waals surface area (Å²) in [5, 5.41) is 0.489. The number of nitrogens with zero attached hydrogens (tertiary/aromatic N) is 2. The molecule has 0 unspecified atom stereocenters. The van der Waals surface area contributed by atoms with Gasteiger partial charge in [-0.3, -0.25) is 9.29 Å². The number of hydrogen-bond donors (Lipinski definition) is 0. The van der Waals surface area contributed by atoms with Crippen LogP contribution in [0.25, 0.3) is 0 Å². The Morgan fingerprint density at radius 3 is 2.52 bits per heavy atom. The molecule has 0 spiro atoms. The number of ether oxygens (including phenoxy) is 1. The second-order valence-corrected chi connectivity index (χ2v) is 7.96. The summed E-state index contributed by atoms with van der Waals surface area (Å²) in [7, 11) is -2.24. The molecule has 0 atom stereocenters. The first-order valence-corrected chi connectivity index (χ1v) is 9.57. The number of carbonyl (C=O) groups excluding carboxylic acids is 1. The van der Waals surface area contributed by atoms with Gasteiger partial charge >= 0.3 is 5.97 Å². The number of methoxy groups -OCH3 is 1. The van der Waals surface area contributed by atoms with Crippen LogP contribution in [0.5, 0.6) is 0 Å². The summed E-state index contributed by atoms with van der Waals surface area (Å²) in [4.78, 5) is 15.6. The van der Waals surface area contributed by atoms with Crippen LogP contribution >= 0.6 is 11.6 Å². The van der Waals surface area contributed by atoms with Crippen LogP contribution < -0.4 is 4.31 Å². The smallest absolute Gasteiger partial charge is 0.339 e. The molecule has 0 aliphatic carbocycles. The molecule has 0 aliphatic rings. The van der Waals surface area contributed by atoms with Crippen LogP contribution in [-0.2, 0) is 21.3 Å². The lowest BCUT2D eigenvalue weighted by Crippen LogP contribution is -2.32. The maximum Gasteiger partial charge on any atom is 0.339 e. The molecule has 134 valence electrons. The fraction of sp³-hybridized carbons (Fsp3) is 0.294. The number of pyridine rings is 1. The summed E-state index contributed by atoms with van der Waals surface area (Å²) in [5.41, 5.74) is 2.13. The second kappa shape index (κ2) is 7.84. The van der Waals surface area contributed by atoms with Crippen molar-refractivity contribution in [2.45, 2.75) is 20.4 Å². The van der Waals surface area contributed by atoms with E-state index in [1.54, 1.807) is 37.3 Å². The largest absolute Gasteiger partial charge is 0.465 e. The van der Waals surface area contributed by atoms with Crippen LogP contribution in [-0.4, -0.2) is 32.2 Å². The highest BCUT2D eigenvalue weighted by atomic mass is 35.5. The Morgan fingerprint density at radius 2 is 2.00 bits per heavy atom. The Bertz CT molecular complexity index is 867. The summed E-state index contributed by atoms with van der Waals surface area (Å²) < 4.78 is 30.9. The van der Waals surface area contributed by atoms with E-state index in [0.29, 0.717) is 22.0 Å². The summed E-state index contributed by atoms with van der Waals surface area (Å²) in [6, 6.07) is 8.24. The highest BCUT2D eigenvalue weighted by Gasteiger charge is 2.22. The molecule has 1 aromatic carbocycles. The highest BCUT2D eigenvalue weighted by molar-refractivity contribution is 7.92. The third kappa shape index (κ3) is 4.49. The lowest BCUT2D eigenvalue weighted by atomic mass is 10.2. The lowest BCUT2D eigenvalue weighted by molar-refractivity contribution is 0.0600. The monoisotopic (exact) mass is 382 g/mol. The van der Waals surface area contributed by atoms with Gasteiger partial charge in [0.2, 0.25) is 10.0 Å². The van der Waals surface area contributed by atoms with E-state index < -0.39 is 16.0 Å². The Balaban J connectivity index is 2.37. The molecule has 8 heteroatoms. The normalized spacial score (nSPS) is 11.2. The van der Waals surface area contributed by atoms with E-state index in [1.165, 1.54) is 17.6 Å². The van der Waals surface area contributed by atoms with Gasteiger partial charge in [0, 0.05) is 11.2 Å². The molecule has 0 saturated carbocycles.